The molecule has 0 unspecified atom stereocenters. The highest BCUT2D eigenvalue weighted by atomic mass is 15.3. The normalized spacial score (nSPS) is 12.7. The molecule has 0 fully saturated rings. The van der Waals surface area contributed by atoms with Gasteiger partial charge in [-0.25, -0.2) is 0 Å². The summed E-state index contributed by atoms with van der Waals surface area (Å²) in [4.78, 5) is 0. The molecule has 0 amide bonds. The van der Waals surface area contributed by atoms with E-state index in [4.69, 9.17) is 0 Å². The van der Waals surface area contributed by atoms with Crippen molar-refractivity contribution >= 4 is 0 Å². The van der Waals surface area contributed by atoms with Gasteiger partial charge in [0.2, 0.25) is 0 Å². The van der Waals surface area contributed by atoms with Gasteiger partial charge in [0, 0.05) is 12.6 Å². The van der Waals surface area contributed by atoms with Crippen LogP contribution in [0.5, 0.6) is 0 Å². The van der Waals surface area contributed by atoms with Crippen molar-refractivity contribution in [3.63, 3.8) is 0 Å². The molecular formula is C18H28N4. The van der Waals surface area contributed by atoms with Crippen molar-refractivity contribution < 1.29 is 0 Å². The first-order valence-corrected chi connectivity index (χ1v) is 7.82. The largest absolute Gasteiger partial charge is 0.317 e. The molecule has 0 saturated heterocycles. The Labute approximate surface area is 134 Å². The van der Waals surface area contributed by atoms with Crippen LogP contribution in [0.1, 0.15) is 57.4 Å². The molecule has 0 spiro atoms. The lowest BCUT2D eigenvalue weighted by atomic mass is 9.84. The fourth-order valence-corrected chi connectivity index (χ4v) is 2.39. The molecule has 1 heterocycles. The molecule has 1 N–H and O–H groups in total. The fraction of sp³-hybridized carbons (Fsp3) is 0.556. The van der Waals surface area contributed by atoms with Crippen LogP contribution < -0.4 is 5.32 Å². The van der Waals surface area contributed by atoms with Gasteiger partial charge in [-0.2, -0.15) is 0 Å². The summed E-state index contributed by atoms with van der Waals surface area (Å²) in [7, 11) is 2.00. The average Bonchev–Trinajstić information content (AvgIpc) is 2.76. The molecule has 2 aromatic rings. The van der Waals surface area contributed by atoms with Crippen LogP contribution >= 0.6 is 0 Å². The van der Waals surface area contributed by atoms with Gasteiger partial charge in [0.25, 0.3) is 0 Å². The second kappa shape index (κ2) is 5.84. The molecular weight excluding hydrogens is 272 g/mol. The van der Waals surface area contributed by atoms with Crippen LogP contribution in [0, 0.1) is 6.92 Å². The maximum absolute atomic E-state index is 4.21. The summed E-state index contributed by atoms with van der Waals surface area (Å²) in [5.41, 5.74) is 2.71. The van der Waals surface area contributed by atoms with Crippen LogP contribution in [0.3, 0.4) is 0 Å². The Morgan fingerprint density at radius 2 is 1.50 bits per heavy atom. The fourth-order valence-electron chi connectivity index (χ4n) is 2.39. The third-order valence-electron chi connectivity index (χ3n) is 4.34. The predicted molar refractivity (Wildman–Crippen MR) is 90.7 cm³/mol. The number of nitrogens with one attached hydrogen (secondary N) is 1. The number of hydrogen-bond acceptors (Lipinski definition) is 3. The van der Waals surface area contributed by atoms with E-state index in [2.05, 4.69) is 74.4 Å². The van der Waals surface area contributed by atoms with Crippen molar-refractivity contribution in [2.24, 2.45) is 7.05 Å². The molecule has 0 aliphatic rings. The number of aryl methyl sites for hydroxylation is 1. The first-order chi connectivity index (χ1) is 10.1. The van der Waals surface area contributed by atoms with Crippen LogP contribution in [-0.2, 0) is 24.5 Å². The van der Waals surface area contributed by atoms with Gasteiger partial charge in [0.15, 0.2) is 0 Å². The lowest BCUT2D eigenvalue weighted by Gasteiger charge is -2.28. The minimum Gasteiger partial charge on any atom is -0.317 e. The zero-order chi connectivity index (χ0) is 16.5. The molecule has 0 aliphatic heterocycles. The Balaban J connectivity index is 2.11. The number of aromatic nitrogens is 3. The molecule has 4 heteroatoms. The molecule has 0 bridgehead atoms. The molecule has 4 nitrogen and oxygen atoms in total. The third kappa shape index (κ3) is 3.55. The summed E-state index contributed by atoms with van der Waals surface area (Å²) in [5.74, 6) is 1.89. The van der Waals surface area contributed by atoms with E-state index in [0.29, 0.717) is 6.54 Å². The molecule has 0 aliphatic carbocycles. The number of hydrogen-bond donors (Lipinski definition) is 1. The van der Waals surface area contributed by atoms with Gasteiger partial charge in [0.1, 0.15) is 11.6 Å². The van der Waals surface area contributed by atoms with Gasteiger partial charge in [0.05, 0.1) is 6.54 Å². The monoisotopic (exact) mass is 300 g/mol. The summed E-state index contributed by atoms with van der Waals surface area (Å²) < 4.78 is 2.02. The van der Waals surface area contributed by atoms with Crippen LogP contribution in [0.15, 0.2) is 24.3 Å². The number of benzene rings is 1. The smallest absolute Gasteiger partial charge is 0.146 e. The van der Waals surface area contributed by atoms with E-state index in [1.54, 1.807) is 0 Å². The van der Waals surface area contributed by atoms with E-state index in [0.717, 1.165) is 11.6 Å². The summed E-state index contributed by atoms with van der Waals surface area (Å²) >= 11 is 0. The number of nitrogens with zero attached hydrogens (tertiary/aromatic N) is 3. The average molecular weight is 300 g/mol. The quantitative estimate of drug-likeness (QED) is 0.940. The molecule has 1 aromatic carbocycles. The predicted octanol–water partition coefficient (Wildman–Crippen LogP) is 3.45. The maximum Gasteiger partial charge on any atom is 0.146 e. The standard InChI is InChI=1S/C18H28N4/c1-13-20-21-16(22(13)7)12-19-18(5,6)15-10-8-14(9-11-15)17(2,3)4/h8-11,19H,12H2,1-7H3. The van der Waals surface area contributed by atoms with Crippen LogP contribution in [0.25, 0.3) is 0 Å². The van der Waals surface area contributed by atoms with Gasteiger partial charge in [-0.3, -0.25) is 0 Å². The Kier molecular flexibility index (Phi) is 4.43. The van der Waals surface area contributed by atoms with Gasteiger partial charge in [-0.15, -0.1) is 10.2 Å². The Morgan fingerprint density at radius 3 is 1.95 bits per heavy atom. The zero-order valence-corrected chi connectivity index (χ0v) is 14.9. The Bertz CT molecular complexity index is 630. The lowest BCUT2D eigenvalue weighted by Crippen LogP contribution is -2.36. The topological polar surface area (TPSA) is 42.7 Å². The van der Waals surface area contributed by atoms with Crippen molar-refractivity contribution in [3.05, 3.63) is 47.0 Å². The molecule has 0 atom stereocenters. The first kappa shape index (κ1) is 16.7. The zero-order valence-electron chi connectivity index (χ0n) is 14.9. The molecule has 0 saturated carbocycles. The summed E-state index contributed by atoms with van der Waals surface area (Å²) in [5, 5.41) is 11.9. The summed E-state index contributed by atoms with van der Waals surface area (Å²) in [6.07, 6.45) is 0. The van der Waals surface area contributed by atoms with Crippen molar-refractivity contribution in [1.82, 2.24) is 20.1 Å². The third-order valence-corrected chi connectivity index (χ3v) is 4.34. The Morgan fingerprint density at radius 1 is 0.955 bits per heavy atom. The first-order valence-electron chi connectivity index (χ1n) is 7.82. The molecule has 0 radical (unpaired) electrons. The van der Waals surface area contributed by atoms with E-state index in [9.17, 15) is 0 Å². The SMILES string of the molecule is Cc1nnc(CNC(C)(C)c2ccc(C(C)(C)C)cc2)n1C. The van der Waals surface area contributed by atoms with Crippen molar-refractivity contribution in [2.75, 3.05) is 0 Å². The van der Waals surface area contributed by atoms with E-state index >= 15 is 0 Å². The van der Waals surface area contributed by atoms with Crippen molar-refractivity contribution in [3.8, 4) is 0 Å². The van der Waals surface area contributed by atoms with Crippen LogP contribution in [0.2, 0.25) is 0 Å². The number of rotatable bonds is 4. The highest BCUT2D eigenvalue weighted by Gasteiger charge is 2.22. The van der Waals surface area contributed by atoms with Gasteiger partial charge < -0.3 is 9.88 Å². The molecule has 1 aromatic heterocycles. The Hall–Kier alpha value is -1.68. The van der Waals surface area contributed by atoms with Gasteiger partial charge >= 0.3 is 0 Å². The van der Waals surface area contributed by atoms with E-state index in [-0.39, 0.29) is 11.0 Å². The van der Waals surface area contributed by atoms with E-state index in [1.165, 1.54) is 11.1 Å². The van der Waals surface area contributed by atoms with Crippen LogP contribution in [-0.4, -0.2) is 14.8 Å². The molecule has 2 rings (SSSR count). The van der Waals surface area contributed by atoms with Gasteiger partial charge in [-0.1, -0.05) is 45.0 Å². The summed E-state index contributed by atoms with van der Waals surface area (Å²) in [6.45, 7) is 13.8. The summed E-state index contributed by atoms with van der Waals surface area (Å²) in [6, 6.07) is 8.89. The van der Waals surface area contributed by atoms with Crippen molar-refractivity contribution in [1.29, 1.82) is 0 Å². The van der Waals surface area contributed by atoms with E-state index < -0.39 is 0 Å². The van der Waals surface area contributed by atoms with Gasteiger partial charge in [-0.05, 0) is 37.3 Å². The lowest BCUT2D eigenvalue weighted by molar-refractivity contribution is 0.391. The second-order valence-electron chi connectivity index (χ2n) is 7.53. The molecule has 120 valence electrons. The van der Waals surface area contributed by atoms with Crippen LogP contribution in [0.4, 0.5) is 0 Å². The van der Waals surface area contributed by atoms with Crippen molar-refractivity contribution in [2.45, 2.75) is 59.0 Å². The highest BCUT2D eigenvalue weighted by Crippen LogP contribution is 2.26. The highest BCUT2D eigenvalue weighted by molar-refractivity contribution is 5.31. The second-order valence-corrected chi connectivity index (χ2v) is 7.53. The molecule has 22 heavy (non-hydrogen) atoms. The van der Waals surface area contributed by atoms with E-state index in [1.807, 2.05) is 18.5 Å². The minimum absolute atomic E-state index is 0.115. The maximum atomic E-state index is 4.21. The minimum atomic E-state index is -0.115.